The SMILES string of the molecule is CCCn1cc(NCC2=CCCOC2)cn1. The molecule has 4 nitrogen and oxygen atoms in total. The predicted octanol–water partition coefficient (Wildman–Crippen LogP) is 2.05. The molecular formula is C12H19N3O. The number of nitrogens with zero attached hydrogens (tertiary/aromatic N) is 2. The second kappa shape index (κ2) is 5.70. The minimum Gasteiger partial charge on any atom is -0.379 e. The third-order valence-corrected chi connectivity index (χ3v) is 2.59. The summed E-state index contributed by atoms with van der Waals surface area (Å²) in [7, 11) is 0. The lowest BCUT2D eigenvalue weighted by Crippen LogP contribution is -2.13. The number of nitrogens with one attached hydrogen (secondary N) is 1. The molecule has 0 unspecified atom stereocenters. The van der Waals surface area contributed by atoms with E-state index in [1.807, 2.05) is 17.1 Å². The molecule has 16 heavy (non-hydrogen) atoms. The van der Waals surface area contributed by atoms with Gasteiger partial charge in [0.05, 0.1) is 25.1 Å². The topological polar surface area (TPSA) is 39.1 Å². The van der Waals surface area contributed by atoms with Gasteiger partial charge in [-0.05, 0) is 18.4 Å². The molecule has 1 aromatic rings. The van der Waals surface area contributed by atoms with Crippen LogP contribution in [0.3, 0.4) is 0 Å². The van der Waals surface area contributed by atoms with Crippen molar-refractivity contribution in [3.05, 3.63) is 24.0 Å². The predicted molar refractivity (Wildman–Crippen MR) is 64.5 cm³/mol. The molecule has 0 bridgehead atoms. The van der Waals surface area contributed by atoms with Crippen molar-refractivity contribution in [2.75, 3.05) is 25.1 Å². The summed E-state index contributed by atoms with van der Waals surface area (Å²) < 4.78 is 7.35. The van der Waals surface area contributed by atoms with Crippen LogP contribution in [0.2, 0.25) is 0 Å². The van der Waals surface area contributed by atoms with Crippen LogP contribution >= 0.6 is 0 Å². The molecule has 0 radical (unpaired) electrons. The molecule has 88 valence electrons. The average Bonchev–Trinajstić information content (AvgIpc) is 2.76. The van der Waals surface area contributed by atoms with Gasteiger partial charge in [0.15, 0.2) is 0 Å². The zero-order valence-corrected chi connectivity index (χ0v) is 9.78. The van der Waals surface area contributed by atoms with Crippen molar-refractivity contribution < 1.29 is 4.74 Å². The number of hydrogen-bond donors (Lipinski definition) is 1. The van der Waals surface area contributed by atoms with Crippen LogP contribution in [0.1, 0.15) is 19.8 Å². The van der Waals surface area contributed by atoms with Crippen LogP contribution in [0.5, 0.6) is 0 Å². The average molecular weight is 221 g/mol. The summed E-state index contributed by atoms with van der Waals surface area (Å²) in [6.07, 6.45) is 8.33. The fraction of sp³-hybridized carbons (Fsp3) is 0.583. The number of anilines is 1. The molecule has 0 amide bonds. The largest absolute Gasteiger partial charge is 0.379 e. The van der Waals surface area contributed by atoms with E-state index in [4.69, 9.17) is 4.74 Å². The number of rotatable bonds is 5. The van der Waals surface area contributed by atoms with Gasteiger partial charge in [0.2, 0.25) is 0 Å². The third kappa shape index (κ3) is 3.10. The van der Waals surface area contributed by atoms with Crippen molar-refractivity contribution in [1.82, 2.24) is 9.78 Å². The van der Waals surface area contributed by atoms with Crippen molar-refractivity contribution >= 4 is 5.69 Å². The van der Waals surface area contributed by atoms with Crippen LogP contribution in [0.15, 0.2) is 24.0 Å². The van der Waals surface area contributed by atoms with Gasteiger partial charge < -0.3 is 10.1 Å². The lowest BCUT2D eigenvalue weighted by atomic mass is 10.2. The highest BCUT2D eigenvalue weighted by atomic mass is 16.5. The first-order chi connectivity index (χ1) is 7.88. The van der Waals surface area contributed by atoms with Gasteiger partial charge in [-0.3, -0.25) is 4.68 Å². The molecule has 1 aliphatic rings. The van der Waals surface area contributed by atoms with Gasteiger partial charge in [-0.15, -0.1) is 0 Å². The molecule has 0 atom stereocenters. The van der Waals surface area contributed by atoms with Gasteiger partial charge in [0.1, 0.15) is 0 Å². The molecule has 1 aliphatic heterocycles. The summed E-state index contributed by atoms with van der Waals surface area (Å²) in [4.78, 5) is 0. The highest BCUT2D eigenvalue weighted by Gasteiger charge is 2.04. The Morgan fingerprint density at radius 2 is 2.50 bits per heavy atom. The highest BCUT2D eigenvalue weighted by molar-refractivity contribution is 5.39. The Hall–Kier alpha value is -1.29. The molecule has 0 aliphatic carbocycles. The van der Waals surface area contributed by atoms with Crippen molar-refractivity contribution in [1.29, 1.82) is 0 Å². The summed E-state index contributed by atoms with van der Waals surface area (Å²) >= 11 is 0. The van der Waals surface area contributed by atoms with E-state index >= 15 is 0 Å². The normalized spacial score (nSPS) is 15.9. The van der Waals surface area contributed by atoms with Gasteiger partial charge in [0.25, 0.3) is 0 Å². The Bertz CT molecular complexity index is 357. The second-order valence-corrected chi connectivity index (χ2v) is 4.05. The van der Waals surface area contributed by atoms with E-state index in [1.165, 1.54) is 5.57 Å². The second-order valence-electron chi connectivity index (χ2n) is 4.05. The molecule has 0 spiro atoms. The van der Waals surface area contributed by atoms with E-state index in [2.05, 4.69) is 23.4 Å². The first-order valence-corrected chi connectivity index (χ1v) is 5.90. The molecule has 0 fully saturated rings. The maximum atomic E-state index is 5.39. The van der Waals surface area contributed by atoms with Gasteiger partial charge in [-0.25, -0.2) is 0 Å². The van der Waals surface area contributed by atoms with Gasteiger partial charge >= 0.3 is 0 Å². The Morgan fingerprint density at radius 1 is 1.56 bits per heavy atom. The first kappa shape index (κ1) is 11.2. The van der Waals surface area contributed by atoms with Crippen molar-refractivity contribution in [3.8, 4) is 0 Å². The quantitative estimate of drug-likeness (QED) is 0.773. The smallest absolute Gasteiger partial charge is 0.0729 e. The minimum atomic E-state index is 0.760. The maximum absolute atomic E-state index is 5.39. The lowest BCUT2D eigenvalue weighted by molar-refractivity contribution is 0.150. The van der Waals surface area contributed by atoms with Crippen LogP contribution in [0, 0.1) is 0 Å². The van der Waals surface area contributed by atoms with E-state index in [9.17, 15) is 0 Å². The van der Waals surface area contributed by atoms with E-state index in [-0.39, 0.29) is 0 Å². The lowest BCUT2D eigenvalue weighted by Gasteiger charge is -2.13. The van der Waals surface area contributed by atoms with Crippen LogP contribution in [-0.2, 0) is 11.3 Å². The van der Waals surface area contributed by atoms with E-state index in [1.54, 1.807) is 0 Å². The molecule has 1 aromatic heterocycles. The van der Waals surface area contributed by atoms with Crippen molar-refractivity contribution in [2.24, 2.45) is 0 Å². The molecule has 2 rings (SSSR count). The monoisotopic (exact) mass is 221 g/mol. The summed E-state index contributed by atoms with van der Waals surface area (Å²) in [5, 5.41) is 7.63. The summed E-state index contributed by atoms with van der Waals surface area (Å²) in [5.41, 5.74) is 2.41. The summed E-state index contributed by atoms with van der Waals surface area (Å²) in [6, 6.07) is 0. The Kier molecular flexibility index (Phi) is 3.99. The molecule has 1 N–H and O–H groups in total. The Balaban J connectivity index is 1.82. The fourth-order valence-electron chi connectivity index (χ4n) is 1.75. The zero-order valence-electron chi connectivity index (χ0n) is 9.78. The van der Waals surface area contributed by atoms with Crippen LogP contribution in [-0.4, -0.2) is 29.5 Å². The first-order valence-electron chi connectivity index (χ1n) is 5.90. The Labute approximate surface area is 96.3 Å². The molecule has 4 heteroatoms. The van der Waals surface area contributed by atoms with Gasteiger partial charge in [0, 0.05) is 19.3 Å². The molecule has 2 heterocycles. The van der Waals surface area contributed by atoms with Gasteiger partial charge in [-0.1, -0.05) is 13.0 Å². The van der Waals surface area contributed by atoms with E-state index < -0.39 is 0 Å². The standard InChI is InChI=1S/C12H19N3O/c1-2-5-15-9-12(8-14-15)13-7-11-4-3-6-16-10-11/h4,8-9,13H,2-3,5-7,10H2,1H3. The van der Waals surface area contributed by atoms with E-state index in [0.717, 1.165) is 44.8 Å². The molecule has 0 saturated heterocycles. The summed E-state index contributed by atoms with van der Waals surface area (Å²) in [6.45, 7) is 5.61. The summed E-state index contributed by atoms with van der Waals surface area (Å²) in [5.74, 6) is 0. The van der Waals surface area contributed by atoms with E-state index in [0.29, 0.717) is 0 Å². The minimum absolute atomic E-state index is 0.760. The maximum Gasteiger partial charge on any atom is 0.0729 e. The third-order valence-electron chi connectivity index (χ3n) is 2.59. The fourth-order valence-corrected chi connectivity index (χ4v) is 1.75. The van der Waals surface area contributed by atoms with Crippen molar-refractivity contribution in [2.45, 2.75) is 26.3 Å². The highest BCUT2D eigenvalue weighted by Crippen LogP contribution is 2.09. The molecule has 0 aromatic carbocycles. The molecule has 0 saturated carbocycles. The Morgan fingerprint density at radius 3 is 3.25 bits per heavy atom. The number of hydrogen-bond acceptors (Lipinski definition) is 3. The zero-order chi connectivity index (χ0) is 11.2. The number of aromatic nitrogens is 2. The van der Waals surface area contributed by atoms with Crippen molar-refractivity contribution in [3.63, 3.8) is 0 Å². The number of aryl methyl sites for hydroxylation is 1. The van der Waals surface area contributed by atoms with Crippen LogP contribution in [0.25, 0.3) is 0 Å². The van der Waals surface area contributed by atoms with Gasteiger partial charge in [-0.2, -0.15) is 5.10 Å². The molecular weight excluding hydrogens is 202 g/mol. The van der Waals surface area contributed by atoms with Crippen LogP contribution < -0.4 is 5.32 Å². The van der Waals surface area contributed by atoms with Crippen LogP contribution in [0.4, 0.5) is 5.69 Å². The number of ether oxygens (including phenoxy) is 1.